The third kappa shape index (κ3) is 3.98. The molecule has 0 unspecified atom stereocenters. The summed E-state index contributed by atoms with van der Waals surface area (Å²) in [6, 6.07) is 8.64. The van der Waals surface area contributed by atoms with Crippen LogP contribution in [0.1, 0.15) is 83.5 Å². The van der Waals surface area contributed by atoms with Crippen LogP contribution in [-0.2, 0) is 12.0 Å². The minimum absolute atomic E-state index is 0.0784. The highest BCUT2D eigenvalue weighted by Crippen LogP contribution is 2.42. The van der Waals surface area contributed by atoms with E-state index in [1.807, 2.05) is 6.07 Å². The molecule has 2 aromatic rings. The first-order chi connectivity index (χ1) is 14.5. The summed E-state index contributed by atoms with van der Waals surface area (Å²) in [6.07, 6.45) is 5.26. The summed E-state index contributed by atoms with van der Waals surface area (Å²) in [5.41, 5.74) is 2.03. The van der Waals surface area contributed by atoms with Crippen molar-refractivity contribution in [2.45, 2.75) is 69.8 Å². The summed E-state index contributed by atoms with van der Waals surface area (Å²) in [4.78, 5) is 35.3. The molecule has 0 spiro atoms. The third-order valence-corrected chi connectivity index (χ3v) is 6.35. The molecule has 30 heavy (non-hydrogen) atoms. The molecule has 0 saturated heterocycles. The number of carbonyl (C=O) groups excluding carboxylic acids is 2. The average Bonchev–Trinajstić information content (AvgIpc) is 2.99. The lowest BCUT2D eigenvalue weighted by Gasteiger charge is -2.37. The Morgan fingerprint density at radius 3 is 2.30 bits per heavy atom. The van der Waals surface area contributed by atoms with Crippen molar-refractivity contribution >= 4 is 11.8 Å². The largest absolute Gasteiger partial charge is 0.269 e. The number of amides is 2. The molecule has 1 aromatic heterocycles. The van der Waals surface area contributed by atoms with E-state index in [9.17, 15) is 18.4 Å². The first kappa shape index (κ1) is 20.6. The Labute approximate surface area is 174 Å². The van der Waals surface area contributed by atoms with Crippen molar-refractivity contribution in [3.8, 4) is 0 Å². The predicted octanol–water partition coefficient (Wildman–Crippen LogP) is 4.91. The van der Waals surface area contributed by atoms with Gasteiger partial charge in [-0.2, -0.15) is 0 Å². The van der Waals surface area contributed by atoms with Gasteiger partial charge in [0.1, 0.15) is 6.33 Å². The summed E-state index contributed by atoms with van der Waals surface area (Å²) in [7, 11) is 0. The second-order valence-corrected chi connectivity index (χ2v) is 8.26. The van der Waals surface area contributed by atoms with Crippen LogP contribution in [0.5, 0.6) is 0 Å². The van der Waals surface area contributed by atoms with E-state index < -0.39 is 6.43 Å². The van der Waals surface area contributed by atoms with E-state index in [-0.39, 0.29) is 30.2 Å². The van der Waals surface area contributed by atoms with Crippen LogP contribution < -0.4 is 0 Å². The molecule has 2 heterocycles. The van der Waals surface area contributed by atoms with Gasteiger partial charge in [0.25, 0.3) is 11.8 Å². The van der Waals surface area contributed by atoms with Gasteiger partial charge in [0, 0.05) is 11.8 Å². The standard InChI is InChI=1S/C23H25F2N3O2/c24-20(25)9-6-12-23(10-4-1-5-11-23)19-13-16(26-15-27-19)14-28-21(29)17-7-2-3-8-18(17)22(28)30/h2-3,7-8,13,15,20H,1,4-6,9-12,14H2. The van der Waals surface area contributed by atoms with Crippen molar-refractivity contribution in [2.24, 2.45) is 0 Å². The number of nitrogens with zero attached hydrogens (tertiary/aromatic N) is 3. The second kappa shape index (κ2) is 8.58. The summed E-state index contributed by atoms with van der Waals surface area (Å²) in [5, 5.41) is 0. The van der Waals surface area contributed by atoms with Crippen LogP contribution in [0.2, 0.25) is 0 Å². The molecule has 1 aromatic carbocycles. The van der Waals surface area contributed by atoms with Gasteiger partial charge in [-0.15, -0.1) is 0 Å². The molecule has 1 aliphatic carbocycles. The highest BCUT2D eigenvalue weighted by atomic mass is 19.3. The Kier molecular flexibility index (Phi) is 5.88. The molecule has 0 N–H and O–H groups in total. The summed E-state index contributed by atoms with van der Waals surface area (Å²) in [6.45, 7) is 0.0784. The van der Waals surface area contributed by atoms with Gasteiger partial charge in [-0.25, -0.2) is 18.7 Å². The SMILES string of the molecule is O=C1c2ccccc2C(=O)N1Cc1cc(C2(CCCC(F)F)CCCCC2)ncn1. The fraction of sp³-hybridized carbons (Fsp3) is 0.478. The van der Waals surface area contributed by atoms with Crippen molar-refractivity contribution in [2.75, 3.05) is 0 Å². The number of fused-ring (bicyclic) bond motifs is 1. The fourth-order valence-corrected chi connectivity index (χ4v) is 4.78. The van der Waals surface area contributed by atoms with Gasteiger partial charge in [0.2, 0.25) is 6.43 Å². The number of imide groups is 1. The van der Waals surface area contributed by atoms with Crippen LogP contribution in [0.15, 0.2) is 36.7 Å². The third-order valence-electron chi connectivity index (χ3n) is 6.35. The van der Waals surface area contributed by atoms with Crippen LogP contribution in [0, 0.1) is 0 Å². The molecule has 0 bridgehead atoms. The summed E-state index contributed by atoms with van der Waals surface area (Å²) < 4.78 is 25.4. The average molecular weight is 413 g/mol. The van der Waals surface area contributed by atoms with Gasteiger partial charge >= 0.3 is 0 Å². The first-order valence-corrected chi connectivity index (χ1v) is 10.5. The number of carbonyl (C=O) groups is 2. The van der Waals surface area contributed by atoms with E-state index in [0.717, 1.165) is 37.8 Å². The van der Waals surface area contributed by atoms with Crippen molar-refractivity contribution in [3.63, 3.8) is 0 Å². The molecule has 5 nitrogen and oxygen atoms in total. The monoisotopic (exact) mass is 413 g/mol. The first-order valence-electron chi connectivity index (χ1n) is 10.5. The van der Waals surface area contributed by atoms with E-state index in [1.165, 1.54) is 11.2 Å². The maximum absolute atomic E-state index is 12.7. The maximum atomic E-state index is 12.7. The lowest BCUT2D eigenvalue weighted by molar-refractivity contribution is 0.0640. The summed E-state index contributed by atoms with van der Waals surface area (Å²) in [5.74, 6) is -0.639. The van der Waals surface area contributed by atoms with Crippen LogP contribution in [0.3, 0.4) is 0 Å². The quantitative estimate of drug-likeness (QED) is 0.605. The van der Waals surface area contributed by atoms with E-state index in [0.29, 0.717) is 29.7 Å². The molecule has 158 valence electrons. The lowest BCUT2D eigenvalue weighted by Crippen LogP contribution is -2.32. The van der Waals surface area contributed by atoms with Crippen molar-refractivity contribution in [1.82, 2.24) is 14.9 Å². The van der Waals surface area contributed by atoms with E-state index in [4.69, 9.17) is 0 Å². The van der Waals surface area contributed by atoms with Crippen LogP contribution in [-0.4, -0.2) is 33.1 Å². The highest BCUT2D eigenvalue weighted by molar-refractivity contribution is 6.21. The number of halogens is 2. The Morgan fingerprint density at radius 1 is 1.00 bits per heavy atom. The molecular formula is C23H25F2N3O2. The highest BCUT2D eigenvalue weighted by Gasteiger charge is 2.37. The number of hydrogen-bond donors (Lipinski definition) is 0. The Bertz CT molecular complexity index is 907. The van der Waals surface area contributed by atoms with Gasteiger partial charge in [-0.05, 0) is 43.9 Å². The zero-order chi connectivity index (χ0) is 21.1. The van der Waals surface area contributed by atoms with Gasteiger partial charge in [-0.1, -0.05) is 31.4 Å². The van der Waals surface area contributed by atoms with Crippen LogP contribution in [0.4, 0.5) is 8.78 Å². The molecular weight excluding hydrogens is 388 g/mol. The maximum Gasteiger partial charge on any atom is 0.261 e. The van der Waals surface area contributed by atoms with E-state index >= 15 is 0 Å². The fourth-order valence-electron chi connectivity index (χ4n) is 4.78. The molecule has 1 fully saturated rings. The molecule has 2 aliphatic rings. The summed E-state index contributed by atoms with van der Waals surface area (Å²) >= 11 is 0. The second-order valence-electron chi connectivity index (χ2n) is 8.26. The zero-order valence-corrected chi connectivity index (χ0v) is 16.8. The molecule has 4 rings (SSSR count). The Morgan fingerprint density at radius 2 is 1.67 bits per heavy atom. The number of rotatable bonds is 7. The Balaban J connectivity index is 1.56. The predicted molar refractivity (Wildman–Crippen MR) is 107 cm³/mol. The van der Waals surface area contributed by atoms with Crippen molar-refractivity contribution in [1.29, 1.82) is 0 Å². The number of alkyl halides is 2. The molecule has 0 radical (unpaired) electrons. The Hall–Kier alpha value is -2.70. The van der Waals surface area contributed by atoms with Crippen molar-refractivity contribution < 1.29 is 18.4 Å². The zero-order valence-electron chi connectivity index (χ0n) is 16.8. The molecule has 1 aliphatic heterocycles. The topological polar surface area (TPSA) is 63.2 Å². The number of aromatic nitrogens is 2. The number of hydrogen-bond acceptors (Lipinski definition) is 4. The van der Waals surface area contributed by atoms with E-state index in [2.05, 4.69) is 9.97 Å². The van der Waals surface area contributed by atoms with E-state index in [1.54, 1.807) is 24.3 Å². The van der Waals surface area contributed by atoms with Gasteiger partial charge < -0.3 is 0 Å². The van der Waals surface area contributed by atoms with Gasteiger partial charge in [-0.3, -0.25) is 14.5 Å². The smallest absolute Gasteiger partial charge is 0.261 e. The molecule has 7 heteroatoms. The van der Waals surface area contributed by atoms with Crippen LogP contribution >= 0.6 is 0 Å². The molecule has 0 atom stereocenters. The minimum Gasteiger partial charge on any atom is -0.269 e. The molecule has 1 saturated carbocycles. The normalized spacial score (nSPS) is 18.2. The van der Waals surface area contributed by atoms with Gasteiger partial charge in [0.15, 0.2) is 0 Å². The molecule has 2 amide bonds. The van der Waals surface area contributed by atoms with Crippen LogP contribution in [0.25, 0.3) is 0 Å². The lowest BCUT2D eigenvalue weighted by atomic mass is 9.68. The minimum atomic E-state index is -2.29. The number of benzene rings is 1. The van der Waals surface area contributed by atoms with Gasteiger partial charge in [0.05, 0.1) is 29.1 Å². The van der Waals surface area contributed by atoms with Crippen molar-refractivity contribution in [3.05, 3.63) is 59.2 Å².